The summed E-state index contributed by atoms with van der Waals surface area (Å²) in [5, 5.41) is 2.54. The molecule has 1 atom stereocenters. The first kappa shape index (κ1) is 26.3. The Morgan fingerprint density at radius 1 is 1.09 bits per heavy atom. The summed E-state index contributed by atoms with van der Waals surface area (Å²) in [7, 11) is -2.06. The molecule has 0 bridgehead atoms. The molecule has 2 rings (SSSR count). The molecule has 2 aromatic rings. The molecule has 1 N–H and O–H groups in total. The molecule has 0 saturated carbocycles. The molecular weight excluding hydrogens is 445 g/mol. The van der Waals surface area contributed by atoms with Gasteiger partial charge < -0.3 is 10.2 Å². The zero-order valence-electron chi connectivity index (χ0n) is 19.8. The zero-order chi connectivity index (χ0) is 24.8. The van der Waals surface area contributed by atoms with Crippen molar-refractivity contribution in [2.24, 2.45) is 0 Å². The predicted octanol–water partition coefficient (Wildman–Crippen LogP) is 3.15. The molecule has 9 heteroatoms. The van der Waals surface area contributed by atoms with Gasteiger partial charge in [0.1, 0.15) is 11.9 Å². The number of hydrogen-bond donors (Lipinski definition) is 1. The Balaban J connectivity index is 2.17. The van der Waals surface area contributed by atoms with Gasteiger partial charge in [0, 0.05) is 26.6 Å². The van der Waals surface area contributed by atoms with Crippen LogP contribution in [0.25, 0.3) is 0 Å². The third-order valence-corrected chi connectivity index (χ3v) is 6.86. The Bertz CT molecular complexity index is 1090. The van der Waals surface area contributed by atoms with Gasteiger partial charge in [-0.05, 0) is 62.1 Å². The van der Waals surface area contributed by atoms with Crippen molar-refractivity contribution in [2.75, 3.05) is 24.2 Å². The molecule has 0 aliphatic heterocycles. The van der Waals surface area contributed by atoms with E-state index in [1.54, 1.807) is 31.2 Å². The van der Waals surface area contributed by atoms with Crippen molar-refractivity contribution >= 4 is 27.5 Å². The molecule has 0 spiro atoms. The normalized spacial score (nSPS) is 12.2. The fraction of sp³-hybridized carbons (Fsp3) is 0.417. The summed E-state index contributed by atoms with van der Waals surface area (Å²) < 4.78 is 39.5. The first-order valence-electron chi connectivity index (χ1n) is 10.7. The van der Waals surface area contributed by atoms with Crippen LogP contribution in [0.1, 0.15) is 36.5 Å². The molecular formula is C24H32FN3O4S. The number of nitrogens with one attached hydrogen (secondary N) is 1. The smallest absolute Gasteiger partial charge is 0.242 e. The molecule has 0 fully saturated rings. The van der Waals surface area contributed by atoms with Crippen molar-refractivity contribution < 1.29 is 22.4 Å². The van der Waals surface area contributed by atoms with Gasteiger partial charge in [-0.2, -0.15) is 0 Å². The van der Waals surface area contributed by atoms with Gasteiger partial charge in [-0.15, -0.1) is 0 Å². The Morgan fingerprint density at radius 2 is 1.73 bits per heavy atom. The van der Waals surface area contributed by atoms with Crippen molar-refractivity contribution in [1.29, 1.82) is 0 Å². The molecule has 0 radical (unpaired) electrons. The third kappa shape index (κ3) is 7.02. The number of benzene rings is 2. The maximum absolute atomic E-state index is 13.3. The topological polar surface area (TPSA) is 86.8 Å². The summed E-state index contributed by atoms with van der Waals surface area (Å²) >= 11 is 0. The molecule has 0 heterocycles. The number of amides is 2. The van der Waals surface area contributed by atoms with Crippen LogP contribution in [0.2, 0.25) is 0 Å². The van der Waals surface area contributed by atoms with Crippen LogP contribution in [-0.4, -0.2) is 51.0 Å². The summed E-state index contributed by atoms with van der Waals surface area (Å²) in [5.74, 6) is -0.994. The number of hydrogen-bond acceptors (Lipinski definition) is 4. The second kappa shape index (κ2) is 11.3. The number of rotatable bonds is 10. The van der Waals surface area contributed by atoms with Crippen LogP contribution in [-0.2, 0) is 26.2 Å². The largest absolute Gasteiger partial charge is 0.357 e. The van der Waals surface area contributed by atoms with E-state index in [9.17, 15) is 22.4 Å². The quantitative estimate of drug-likeness (QED) is 0.570. The van der Waals surface area contributed by atoms with Crippen LogP contribution < -0.4 is 9.62 Å². The first-order valence-corrected chi connectivity index (χ1v) is 12.6. The molecule has 0 aliphatic carbocycles. The average molecular weight is 478 g/mol. The molecule has 0 saturated heterocycles. The highest BCUT2D eigenvalue weighted by atomic mass is 32.2. The lowest BCUT2D eigenvalue weighted by Crippen LogP contribution is -2.46. The minimum Gasteiger partial charge on any atom is -0.357 e. The van der Waals surface area contributed by atoms with Gasteiger partial charge in [-0.3, -0.25) is 13.9 Å². The van der Waals surface area contributed by atoms with Crippen molar-refractivity contribution in [3.05, 3.63) is 65.0 Å². The molecule has 0 aliphatic rings. The van der Waals surface area contributed by atoms with Crippen LogP contribution in [0, 0.1) is 19.7 Å². The summed E-state index contributed by atoms with van der Waals surface area (Å²) in [6, 6.07) is 10.5. The van der Waals surface area contributed by atoms with E-state index in [4.69, 9.17) is 0 Å². The second-order valence-electron chi connectivity index (χ2n) is 8.10. The van der Waals surface area contributed by atoms with E-state index in [1.807, 2.05) is 19.9 Å². The minimum absolute atomic E-state index is 0.0550. The van der Waals surface area contributed by atoms with E-state index in [2.05, 4.69) is 5.32 Å². The average Bonchev–Trinajstić information content (AvgIpc) is 2.76. The van der Waals surface area contributed by atoms with Crippen molar-refractivity contribution in [3.63, 3.8) is 0 Å². The highest BCUT2D eigenvalue weighted by Gasteiger charge is 2.26. The number of nitrogens with zero attached hydrogens (tertiary/aromatic N) is 2. The second-order valence-corrected chi connectivity index (χ2v) is 10.0. The van der Waals surface area contributed by atoms with Gasteiger partial charge in [0.15, 0.2) is 0 Å². The van der Waals surface area contributed by atoms with Gasteiger partial charge in [0.05, 0.1) is 11.9 Å². The SMILES string of the molecule is CNC(=O)[C@@H](C)N(Cc1ccc(F)cc1)C(=O)CCCN(c1cccc(C)c1C)S(C)(=O)=O. The number of halogens is 1. The Kier molecular flexibility index (Phi) is 8.99. The number of carbonyl (C=O) groups is 2. The summed E-state index contributed by atoms with van der Waals surface area (Å²) in [4.78, 5) is 26.7. The van der Waals surface area contributed by atoms with Gasteiger partial charge in [-0.1, -0.05) is 24.3 Å². The maximum atomic E-state index is 13.3. The van der Waals surface area contributed by atoms with E-state index in [0.29, 0.717) is 11.3 Å². The fourth-order valence-corrected chi connectivity index (χ4v) is 4.58. The van der Waals surface area contributed by atoms with Crippen molar-refractivity contribution in [3.8, 4) is 0 Å². The maximum Gasteiger partial charge on any atom is 0.242 e. The van der Waals surface area contributed by atoms with E-state index in [1.165, 1.54) is 28.4 Å². The molecule has 0 unspecified atom stereocenters. The molecule has 0 aromatic heterocycles. The van der Waals surface area contributed by atoms with Crippen LogP contribution >= 0.6 is 0 Å². The van der Waals surface area contributed by atoms with Gasteiger partial charge in [0.25, 0.3) is 0 Å². The predicted molar refractivity (Wildman–Crippen MR) is 128 cm³/mol. The lowest BCUT2D eigenvalue weighted by Gasteiger charge is -2.29. The van der Waals surface area contributed by atoms with E-state index >= 15 is 0 Å². The van der Waals surface area contributed by atoms with Crippen LogP contribution in [0.5, 0.6) is 0 Å². The minimum atomic E-state index is -3.55. The van der Waals surface area contributed by atoms with Crippen molar-refractivity contribution in [2.45, 2.75) is 46.2 Å². The molecule has 180 valence electrons. The molecule has 2 aromatic carbocycles. The van der Waals surface area contributed by atoms with E-state index in [0.717, 1.165) is 17.4 Å². The molecule has 7 nitrogen and oxygen atoms in total. The monoisotopic (exact) mass is 477 g/mol. The number of sulfonamides is 1. The highest BCUT2D eigenvalue weighted by Crippen LogP contribution is 2.25. The van der Waals surface area contributed by atoms with Crippen LogP contribution in [0.15, 0.2) is 42.5 Å². The molecule has 33 heavy (non-hydrogen) atoms. The summed E-state index contributed by atoms with van der Waals surface area (Å²) in [6.45, 7) is 5.67. The summed E-state index contributed by atoms with van der Waals surface area (Å²) in [6.07, 6.45) is 1.48. The highest BCUT2D eigenvalue weighted by molar-refractivity contribution is 7.92. The van der Waals surface area contributed by atoms with Crippen molar-refractivity contribution in [1.82, 2.24) is 10.2 Å². The third-order valence-electron chi connectivity index (χ3n) is 5.68. The van der Waals surface area contributed by atoms with E-state index in [-0.39, 0.29) is 43.6 Å². The number of likely N-dealkylation sites (N-methyl/N-ethyl adjacent to an activating group) is 1. The number of aryl methyl sites for hydroxylation is 1. The van der Waals surface area contributed by atoms with Gasteiger partial charge >= 0.3 is 0 Å². The van der Waals surface area contributed by atoms with Crippen LogP contribution in [0.3, 0.4) is 0 Å². The zero-order valence-corrected chi connectivity index (χ0v) is 20.6. The Morgan fingerprint density at radius 3 is 2.30 bits per heavy atom. The van der Waals surface area contributed by atoms with E-state index < -0.39 is 16.1 Å². The fourth-order valence-electron chi connectivity index (χ4n) is 3.57. The number of anilines is 1. The number of carbonyl (C=O) groups excluding carboxylic acids is 2. The van der Waals surface area contributed by atoms with Gasteiger partial charge in [-0.25, -0.2) is 12.8 Å². The Labute approximate surface area is 195 Å². The standard InChI is InChI=1S/C24H32FN3O4S/c1-17-8-6-9-22(18(17)2)28(33(5,31)32)15-7-10-23(29)27(19(3)24(30)26-4)16-20-11-13-21(25)14-12-20/h6,8-9,11-14,19H,7,10,15-16H2,1-5H3,(H,26,30)/t19-/m1/s1. The lowest BCUT2D eigenvalue weighted by molar-refractivity contribution is -0.140. The lowest BCUT2D eigenvalue weighted by atomic mass is 10.1. The van der Waals surface area contributed by atoms with Gasteiger partial charge in [0.2, 0.25) is 21.8 Å². The molecule has 2 amide bonds. The summed E-state index contributed by atoms with van der Waals surface area (Å²) in [5.41, 5.74) is 3.11. The Hall–Kier alpha value is -2.94. The van der Waals surface area contributed by atoms with Crippen LogP contribution in [0.4, 0.5) is 10.1 Å². The first-order chi connectivity index (χ1) is 15.5.